The number of hydrazine groups is 1. The molecule has 2 N–H and O–H groups in total. The molecule has 7 nitrogen and oxygen atoms in total. The van der Waals surface area contributed by atoms with Gasteiger partial charge in [-0.2, -0.15) is 0 Å². The molecule has 9 heteroatoms. The van der Waals surface area contributed by atoms with E-state index < -0.39 is 17.9 Å². The van der Waals surface area contributed by atoms with Crippen molar-refractivity contribution in [2.45, 2.75) is 6.10 Å². The molecule has 0 saturated carbocycles. The average molecular weight is 486 g/mol. The molecule has 0 fully saturated rings. The molecule has 1 aliphatic heterocycles. The molecule has 1 aliphatic rings. The van der Waals surface area contributed by atoms with Crippen LogP contribution in [0.4, 0.5) is 0 Å². The minimum absolute atomic E-state index is 0.0566. The quantitative estimate of drug-likeness (QED) is 0.650. The highest BCUT2D eigenvalue weighted by Gasteiger charge is 2.27. The summed E-state index contributed by atoms with van der Waals surface area (Å²) in [4.78, 5) is 23.9. The maximum Gasteiger partial charge on any atom is 0.283 e. The first-order valence-electron chi connectivity index (χ1n) is 7.58. The number of halogens is 2. The molecule has 2 aromatic rings. The summed E-state index contributed by atoms with van der Waals surface area (Å²) in [5.74, 6) is 0.543. The highest BCUT2D eigenvalue weighted by Crippen LogP contribution is 2.31. The third-order valence-corrected chi connectivity index (χ3v) is 4.49. The number of benzene rings is 2. The van der Waals surface area contributed by atoms with Crippen LogP contribution in [0, 0.1) is 0 Å². The van der Waals surface area contributed by atoms with Gasteiger partial charge in [0.25, 0.3) is 11.8 Å². The molecular weight excluding hydrogens is 472 g/mol. The van der Waals surface area contributed by atoms with Crippen molar-refractivity contribution in [3.8, 4) is 17.2 Å². The van der Waals surface area contributed by atoms with Crippen molar-refractivity contribution in [3.05, 3.63) is 51.4 Å². The topological polar surface area (TPSA) is 85.9 Å². The summed E-state index contributed by atoms with van der Waals surface area (Å²) >= 11 is 6.67. The Morgan fingerprint density at radius 3 is 2.65 bits per heavy atom. The van der Waals surface area contributed by atoms with Crippen LogP contribution in [-0.2, 0) is 9.59 Å². The first-order valence-corrected chi connectivity index (χ1v) is 9.16. The maximum atomic E-state index is 12.1. The van der Waals surface area contributed by atoms with Gasteiger partial charge in [0.15, 0.2) is 18.1 Å². The zero-order valence-corrected chi connectivity index (χ0v) is 16.5. The Morgan fingerprint density at radius 2 is 1.88 bits per heavy atom. The molecule has 0 aromatic heterocycles. The predicted molar refractivity (Wildman–Crippen MR) is 100.0 cm³/mol. The van der Waals surface area contributed by atoms with Gasteiger partial charge in [-0.1, -0.05) is 28.1 Å². The Morgan fingerprint density at radius 1 is 1.12 bits per heavy atom. The predicted octanol–water partition coefficient (Wildman–Crippen LogP) is 2.58. The molecule has 1 heterocycles. The molecule has 0 unspecified atom stereocenters. The fraction of sp³-hybridized carbons (Fsp3) is 0.176. The Labute approximate surface area is 166 Å². The van der Waals surface area contributed by atoms with E-state index in [2.05, 4.69) is 42.7 Å². The molecule has 0 spiro atoms. The Balaban J connectivity index is 1.45. The van der Waals surface area contributed by atoms with Crippen LogP contribution in [0.1, 0.15) is 0 Å². The Bertz CT molecular complexity index is 831. The van der Waals surface area contributed by atoms with E-state index in [0.29, 0.717) is 21.7 Å². The van der Waals surface area contributed by atoms with E-state index in [1.807, 2.05) is 6.07 Å². The van der Waals surface area contributed by atoms with Crippen LogP contribution in [0.25, 0.3) is 0 Å². The number of rotatable bonds is 4. The van der Waals surface area contributed by atoms with Gasteiger partial charge in [-0.3, -0.25) is 20.4 Å². The Hall–Kier alpha value is -2.26. The summed E-state index contributed by atoms with van der Waals surface area (Å²) in [5, 5.41) is 0. The smallest absolute Gasteiger partial charge is 0.283 e. The number of amides is 2. The lowest BCUT2D eigenvalue weighted by molar-refractivity contribution is -0.135. The second-order valence-corrected chi connectivity index (χ2v) is 7.04. The molecular formula is C17H14Br2N2O5. The van der Waals surface area contributed by atoms with E-state index in [0.717, 1.165) is 4.47 Å². The van der Waals surface area contributed by atoms with E-state index in [9.17, 15) is 9.59 Å². The summed E-state index contributed by atoms with van der Waals surface area (Å²) in [6.07, 6.45) is -0.855. The number of fused-ring (bicyclic) bond motifs is 1. The zero-order chi connectivity index (χ0) is 18.5. The average Bonchev–Trinajstić information content (AvgIpc) is 2.65. The standard InChI is InChI=1S/C17H14Br2N2O5/c18-10-5-6-12(11(19)7-10)25-9-16(22)20-21-17(23)15-8-24-13-3-1-2-4-14(13)26-15/h1-7,15H,8-9H2,(H,20,22)(H,21,23)/t15-/m1/s1. The summed E-state index contributed by atoms with van der Waals surface area (Å²) in [7, 11) is 0. The molecule has 0 bridgehead atoms. The number of hydrogen-bond donors (Lipinski definition) is 2. The van der Waals surface area contributed by atoms with Gasteiger partial charge < -0.3 is 14.2 Å². The van der Waals surface area contributed by atoms with Gasteiger partial charge in [0, 0.05) is 4.47 Å². The van der Waals surface area contributed by atoms with Gasteiger partial charge in [-0.05, 0) is 46.3 Å². The van der Waals surface area contributed by atoms with Crippen LogP contribution in [0.3, 0.4) is 0 Å². The van der Waals surface area contributed by atoms with Crippen LogP contribution >= 0.6 is 31.9 Å². The summed E-state index contributed by atoms with van der Waals surface area (Å²) in [5.41, 5.74) is 4.58. The fourth-order valence-corrected chi connectivity index (χ4v) is 3.29. The fourth-order valence-electron chi connectivity index (χ4n) is 2.13. The van der Waals surface area contributed by atoms with Crippen LogP contribution in [-0.4, -0.2) is 31.1 Å². The lowest BCUT2D eigenvalue weighted by Crippen LogP contribution is -2.51. The lowest BCUT2D eigenvalue weighted by atomic mass is 10.2. The zero-order valence-electron chi connectivity index (χ0n) is 13.3. The second-order valence-electron chi connectivity index (χ2n) is 5.27. The molecule has 0 saturated heterocycles. The molecule has 3 rings (SSSR count). The molecule has 26 heavy (non-hydrogen) atoms. The molecule has 2 amide bonds. The maximum absolute atomic E-state index is 12.1. The van der Waals surface area contributed by atoms with E-state index in [4.69, 9.17) is 14.2 Å². The van der Waals surface area contributed by atoms with Gasteiger partial charge in [0.05, 0.1) is 4.47 Å². The van der Waals surface area contributed by atoms with Crippen molar-refractivity contribution >= 4 is 43.7 Å². The number of carbonyl (C=O) groups is 2. The van der Waals surface area contributed by atoms with Crippen LogP contribution < -0.4 is 25.1 Å². The number of carbonyl (C=O) groups excluding carboxylic acids is 2. The number of para-hydroxylation sites is 2. The second kappa shape index (κ2) is 8.41. The van der Waals surface area contributed by atoms with Gasteiger partial charge >= 0.3 is 0 Å². The first kappa shape index (κ1) is 18.5. The third kappa shape index (κ3) is 4.67. The van der Waals surface area contributed by atoms with Gasteiger partial charge in [-0.15, -0.1) is 0 Å². The molecule has 0 aliphatic carbocycles. The van der Waals surface area contributed by atoms with Gasteiger partial charge in [0.1, 0.15) is 12.4 Å². The van der Waals surface area contributed by atoms with Crippen molar-refractivity contribution < 1.29 is 23.8 Å². The highest BCUT2D eigenvalue weighted by molar-refractivity contribution is 9.11. The summed E-state index contributed by atoms with van der Waals surface area (Å²) in [6, 6.07) is 12.4. The van der Waals surface area contributed by atoms with Crippen molar-refractivity contribution in [2.75, 3.05) is 13.2 Å². The largest absolute Gasteiger partial charge is 0.485 e. The number of ether oxygens (including phenoxy) is 3. The first-order chi connectivity index (χ1) is 12.5. The Kier molecular flexibility index (Phi) is 6.00. The summed E-state index contributed by atoms with van der Waals surface area (Å²) in [6.45, 7) is -0.202. The van der Waals surface area contributed by atoms with Crippen molar-refractivity contribution in [2.24, 2.45) is 0 Å². The van der Waals surface area contributed by atoms with Crippen LogP contribution in [0.2, 0.25) is 0 Å². The van der Waals surface area contributed by atoms with Crippen LogP contribution in [0.5, 0.6) is 17.2 Å². The van der Waals surface area contributed by atoms with Gasteiger partial charge in [-0.25, -0.2) is 0 Å². The molecule has 136 valence electrons. The van der Waals surface area contributed by atoms with E-state index in [-0.39, 0.29) is 13.2 Å². The molecule has 0 radical (unpaired) electrons. The highest BCUT2D eigenvalue weighted by atomic mass is 79.9. The minimum atomic E-state index is -0.855. The van der Waals surface area contributed by atoms with E-state index in [1.54, 1.807) is 36.4 Å². The minimum Gasteiger partial charge on any atom is -0.485 e. The van der Waals surface area contributed by atoms with E-state index >= 15 is 0 Å². The van der Waals surface area contributed by atoms with E-state index in [1.165, 1.54) is 0 Å². The molecule has 2 aromatic carbocycles. The van der Waals surface area contributed by atoms with Gasteiger partial charge in [0.2, 0.25) is 6.10 Å². The summed E-state index contributed by atoms with van der Waals surface area (Å²) < 4.78 is 18.0. The third-order valence-electron chi connectivity index (χ3n) is 3.38. The normalized spacial score (nSPS) is 15.1. The van der Waals surface area contributed by atoms with Crippen molar-refractivity contribution in [1.29, 1.82) is 0 Å². The monoisotopic (exact) mass is 484 g/mol. The number of hydrogen-bond acceptors (Lipinski definition) is 5. The number of nitrogens with one attached hydrogen (secondary N) is 2. The lowest BCUT2D eigenvalue weighted by Gasteiger charge is -2.25. The molecule has 1 atom stereocenters. The van der Waals surface area contributed by atoms with Crippen molar-refractivity contribution in [1.82, 2.24) is 10.9 Å². The SMILES string of the molecule is O=C(COc1ccc(Br)cc1Br)NNC(=O)[C@H]1COc2ccccc2O1. The van der Waals surface area contributed by atoms with Crippen molar-refractivity contribution in [3.63, 3.8) is 0 Å². The van der Waals surface area contributed by atoms with Crippen LogP contribution in [0.15, 0.2) is 51.4 Å².